The molecule has 4 heteroatoms. The fraction of sp³-hybridized carbons (Fsp3) is 0.333. The Kier molecular flexibility index (Phi) is 4.97. The van der Waals surface area contributed by atoms with Gasteiger partial charge in [-0.2, -0.15) is 0 Å². The molecule has 0 unspecified atom stereocenters. The van der Waals surface area contributed by atoms with Gasteiger partial charge in [-0.15, -0.1) is 0 Å². The molecule has 0 aliphatic rings. The summed E-state index contributed by atoms with van der Waals surface area (Å²) < 4.78 is 18.3. The highest BCUT2D eigenvalue weighted by molar-refractivity contribution is 7.60. The summed E-state index contributed by atoms with van der Waals surface area (Å²) in [6.45, 7) is 9.96. The van der Waals surface area contributed by atoms with Crippen molar-refractivity contribution >= 4 is 13.2 Å². The van der Waals surface area contributed by atoms with Crippen molar-refractivity contribution in [2.45, 2.75) is 33.6 Å². The molecule has 0 saturated carbocycles. The lowest BCUT2D eigenvalue weighted by Gasteiger charge is -2.18. The van der Waals surface area contributed by atoms with E-state index in [1.807, 2.05) is 49.4 Å². The van der Waals surface area contributed by atoms with Gasteiger partial charge in [0.05, 0.1) is 0 Å². The van der Waals surface area contributed by atoms with Crippen molar-refractivity contribution in [1.82, 2.24) is 0 Å². The molecule has 0 heterocycles. The van der Waals surface area contributed by atoms with Crippen LogP contribution in [0.1, 0.15) is 36.5 Å². The highest BCUT2D eigenvalue weighted by Crippen LogP contribution is 2.43. The van der Waals surface area contributed by atoms with E-state index in [0.29, 0.717) is 11.7 Å². The van der Waals surface area contributed by atoms with Gasteiger partial charge in [-0.1, -0.05) is 32.0 Å². The second-order valence-electron chi connectivity index (χ2n) is 6.07. The molecule has 118 valence electrons. The smallest absolute Gasteiger partial charge is 0.338 e. The summed E-state index contributed by atoms with van der Waals surface area (Å²) in [6, 6.07) is 13.7. The highest BCUT2D eigenvalue weighted by atomic mass is 31.2. The van der Waals surface area contributed by atoms with Gasteiger partial charge in [-0.05, 0) is 60.7 Å². The van der Waals surface area contributed by atoms with E-state index < -0.39 is 7.52 Å². The summed E-state index contributed by atoms with van der Waals surface area (Å²) in [6.07, 6.45) is 0. The maximum absolute atomic E-state index is 12.6. The van der Waals surface area contributed by atoms with Gasteiger partial charge in [-0.3, -0.25) is 4.57 Å². The normalized spacial score (nSPS) is 13.7. The van der Waals surface area contributed by atoms with Crippen LogP contribution in [-0.2, 0) is 4.57 Å². The quantitative estimate of drug-likeness (QED) is 0.714. The van der Waals surface area contributed by atoms with Crippen molar-refractivity contribution in [2.75, 3.05) is 11.8 Å². The van der Waals surface area contributed by atoms with Gasteiger partial charge >= 0.3 is 7.52 Å². The van der Waals surface area contributed by atoms with Gasteiger partial charge in [0.1, 0.15) is 5.75 Å². The lowest BCUT2D eigenvalue weighted by molar-refractivity contribution is 0.493. The van der Waals surface area contributed by atoms with E-state index in [-0.39, 0.29) is 0 Å². The van der Waals surface area contributed by atoms with Crippen LogP contribution in [0.2, 0.25) is 0 Å². The summed E-state index contributed by atoms with van der Waals surface area (Å²) in [5.74, 6) is 1.09. The van der Waals surface area contributed by atoms with Gasteiger partial charge in [0.15, 0.2) is 0 Å². The molecule has 0 bridgehead atoms. The summed E-state index contributed by atoms with van der Waals surface area (Å²) in [5, 5.41) is 3.01. The predicted octanol–water partition coefficient (Wildman–Crippen LogP) is 5.74. The van der Waals surface area contributed by atoms with E-state index in [4.69, 9.17) is 4.52 Å². The molecular formula is C18H24NO2P. The highest BCUT2D eigenvalue weighted by Gasteiger charge is 2.17. The molecule has 3 nitrogen and oxygen atoms in total. The van der Waals surface area contributed by atoms with Crippen LogP contribution >= 0.6 is 7.52 Å². The van der Waals surface area contributed by atoms with Crippen molar-refractivity contribution in [3.05, 3.63) is 59.2 Å². The van der Waals surface area contributed by atoms with Crippen molar-refractivity contribution in [3.63, 3.8) is 0 Å². The molecule has 2 rings (SSSR count). The molecule has 1 N–H and O–H groups in total. The Labute approximate surface area is 133 Å². The molecule has 0 fully saturated rings. The van der Waals surface area contributed by atoms with Gasteiger partial charge in [0.2, 0.25) is 0 Å². The van der Waals surface area contributed by atoms with Crippen LogP contribution in [0.3, 0.4) is 0 Å². The molecule has 0 aliphatic carbocycles. The minimum absolute atomic E-state index is 0.469. The Hall–Kier alpha value is -1.73. The van der Waals surface area contributed by atoms with Crippen LogP contribution in [-0.4, -0.2) is 6.66 Å². The first-order valence-corrected chi connectivity index (χ1v) is 9.56. The summed E-state index contributed by atoms with van der Waals surface area (Å²) in [5.41, 5.74) is 4.42. The number of aryl methyl sites for hydroxylation is 2. The van der Waals surface area contributed by atoms with Crippen LogP contribution in [0.25, 0.3) is 0 Å². The molecule has 1 atom stereocenters. The number of hydrogen-bond acceptors (Lipinski definition) is 2. The summed E-state index contributed by atoms with van der Waals surface area (Å²) in [4.78, 5) is 0. The van der Waals surface area contributed by atoms with Crippen molar-refractivity contribution in [2.24, 2.45) is 0 Å². The number of nitrogens with one attached hydrogen (secondary N) is 1. The topological polar surface area (TPSA) is 38.3 Å². The SMILES string of the molecule is Cc1ccc(N[P@](C)(=O)Oc2ccc(C(C)C)cc2)cc1C. The predicted molar refractivity (Wildman–Crippen MR) is 94.2 cm³/mol. The monoisotopic (exact) mass is 317 g/mol. The van der Waals surface area contributed by atoms with E-state index in [2.05, 4.69) is 25.9 Å². The largest absolute Gasteiger partial charge is 0.429 e. The van der Waals surface area contributed by atoms with Crippen molar-refractivity contribution < 1.29 is 9.09 Å². The molecule has 2 aromatic rings. The van der Waals surface area contributed by atoms with E-state index in [9.17, 15) is 4.57 Å². The fourth-order valence-electron chi connectivity index (χ4n) is 2.18. The van der Waals surface area contributed by atoms with Crippen LogP contribution in [0.15, 0.2) is 42.5 Å². The van der Waals surface area contributed by atoms with Crippen LogP contribution < -0.4 is 9.61 Å². The van der Waals surface area contributed by atoms with Crippen LogP contribution in [0.4, 0.5) is 5.69 Å². The third kappa shape index (κ3) is 4.38. The number of anilines is 1. The molecular weight excluding hydrogens is 293 g/mol. The second-order valence-corrected chi connectivity index (χ2v) is 8.17. The number of benzene rings is 2. The standard InChI is InChI=1S/C18H24NO2P/c1-13(2)16-7-10-18(11-8-16)21-22(5,20)19-17-9-6-14(3)15(4)12-17/h6-13H,1-5H3,(H,19,20)/t22-/m1/s1. The first-order chi connectivity index (χ1) is 10.3. The summed E-state index contributed by atoms with van der Waals surface area (Å²) >= 11 is 0. The Balaban J connectivity index is 2.09. The molecule has 0 radical (unpaired) electrons. The average molecular weight is 317 g/mol. The lowest BCUT2D eigenvalue weighted by Crippen LogP contribution is -2.02. The molecule has 22 heavy (non-hydrogen) atoms. The zero-order chi connectivity index (χ0) is 16.3. The molecule has 0 amide bonds. The maximum Gasteiger partial charge on any atom is 0.338 e. The van der Waals surface area contributed by atoms with E-state index in [0.717, 1.165) is 11.3 Å². The van der Waals surface area contributed by atoms with E-state index >= 15 is 0 Å². The minimum Gasteiger partial charge on any atom is -0.429 e. The Bertz CT molecular complexity index is 693. The molecule has 0 saturated heterocycles. The minimum atomic E-state index is -2.96. The van der Waals surface area contributed by atoms with Crippen LogP contribution in [0, 0.1) is 13.8 Å². The summed E-state index contributed by atoms with van der Waals surface area (Å²) in [7, 11) is -2.96. The second kappa shape index (κ2) is 6.58. The third-order valence-electron chi connectivity index (χ3n) is 3.67. The fourth-order valence-corrected chi connectivity index (χ4v) is 3.36. The number of hydrogen-bond donors (Lipinski definition) is 1. The number of rotatable bonds is 5. The van der Waals surface area contributed by atoms with Crippen molar-refractivity contribution in [3.8, 4) is 5.75 Å². The van der Waals surface area contributed by atoms with Gasteiger partial charge in [0, 0.05) is 12.4 Å². The van der Waals surface area contributed by atoms with E-state index in [1.54, 1.807) is 6.66 Å². The Morgan fingerprint density at radius 1 is 1.00 bits per heavy atom. The van der Waals surface area contributed by atoms with E-state index in [1.165, 1.54) is 11.1 Å². The average Bonchev–Trinajstić information content (AvgIpc) is 2.42. The first-order valence-electron chi connectivity index (χ1n) is 7.49. The Morgan fingerprint density at radius 2 is 1.64 bits per heavy atom. The Morgan fingerprint density at radius 3 is 2.18 bits per heavy atom. The molecule has 0 aromatic heterocycles. The molecule has 0 spiro atoms. The molecule has 0 aliphatic heterocycles. The van der Waals surface area contributed by atoms with Crippen molar-refractivity contribution in [1.29, 1.82) is 0 Å². The lowest BCUT2D eigenvalue weighted by atomic mass is 10.0. The van der Waals surface area contributed by atoms with Gasteiger partial charge < -0.3 is 9.61 Å². The third-order valence-corrected chi connectivity index (χ3v) is 4.89. The zero-order valence-corrected chi connectivity index (χ0v) is 14.8. The van der Waals surface area contributed by atoms with Gasteiger partial charge in [-0.25, -0.2) is 0 Å². The first kappa shape index (κ1) is 16.6. The molecule has 2 aromatic carbocycles. The van der Waals surface area contributed by atoms with Gasteiger partial charge in [0.25, 0.3) is 0 Å². The zero-order valence-electron chi connectivity index (χ0n) is 13.9. The van der Waals surface area contributed by atoms with Crippen LogP contribution in [0.5, 0.6) is 5.75 Å². The maximum atomic E-state index is 12.6.